The van der Waals surface area contributed by atoms with Crippen LogP contribution in [0.1, 0.15) is 5.69 Å². The maximum atomic E-state index is 13.0. The minimum absolute atomic E-state index is 0.0668. The second-order valence-corrected chi connectivity index (χ2v) is 3.86. The summed E-state index contributed by atoms with van der Waals surface area (Å²) in [7, 11) is 0. The van der Waals surface area contributed by atoms with Crippen molar-refractivity contribution in [3.63, 3.8) is 0 Å². The molecule has 0 amide bonds. The van der Waals surface area contributed by atoms with Gasteiger partial charge in [0.05, 0.1) is 11.9 Å². The van der Waals surface area contributed by atoms with Crippen LogP contribution in [0.3, 0.4) is 0 Å². The fourth-order valence-corrected chi connectivity index (χ4v) is 1.45. The number of rotatable bonds is 1. The standard InChI is InChI=1S/C9H4BrF4N3/c10-8-6(11)4-17(16-8)5-1-2-15-7(3-5)9(12,13)14/h1-4H. The van der Waals surface area contributed by atoms with Gasteiger partial charge in [0.2, 0.25) is 0 Å². The van der Waals surface area contributed by atoms with Crippen molar-refractivity contribution in [2.45, 2.75) is 6.18 Å². The van der Waals surface area contributed by atoms with Gasteiger partial charge < -0.3 is 0 Å². The van der Waals surface area contributed by atoms with E-state index >= 15 is 0 Å². The van der Waals surface area contributed by atoms with Gasteiger partial charge in [-0.2, -0.15) is 18.3 Å². The molecule has 0 radical (unpaired) electrons. The summed E-state index contributed by atoms with van der Waals surface area (Å²) < 4.78 is 51.1. The third-order valence-corrected chi connectivity index (χ3v) is 2.46. The van der Waals surface area contributed by atoms with E-state index in [1.807, 2.05) is 0 Å². The first-order chi connectivity index (χ1) is 7.88. The molecule has 8 heteroatoms. The summed E-state index contributed by atoms with van der Waals surface area (Å²) in [5.41, 5.74) is -0.973. The monoisotopic (exact) mass is 309 g/mol. The van der Waals surface area contributed by atoms with Gasteiger partial charge in [0.25, 0.3) is 0 Å². The van der Waals surface area contributed by atoms with E-state index in [2.05, 4.69) is 26.0 Å². The molecule has 0 atom stereocenters. The molecule has 3 nitrogen and oxygen atoms in total. The van der Waals surface area contributed by atoms with E-state index in [-0.39, 0.29) is 10.3 Å². The van der Waals surface area contributed by atoms with Crippen molar-refractivity contribution < 1.29 is 17.6 Å². The molecule has 0 saturated heterocycles. The maximum Gasteiger partial charge on any atom is 0.433 e. The first kappa shape index (κ1) is 12.0. The maximum absolute atomic E-state index is 13.0. The Morgan fingerprint density at radius 1 is 1.29 bits per heavy atom. The molecule has 0 unspecified atom stereocenters. The predicted octanol–water partition coefficient (Wildman–Crippen LogP) is 3.19. The highest BCUT2D eigenvalue weighted by molar-refractivity contribution is 9.10. The lowest BCUT2D eigenvalue weighted by atomic mass is 10.3. The van der Waals surface area contributed by atoms with Crippen molar-refractivity contribution in [3.8, 4) is 5.69 Å². The number of aromatic nitrogens is 3. The summed E-state index contributed by atoms with van der Waals surface area (Å²) >= 11 is 2.83. The summed E-state index contributed by atoms with van der Waals surface area (Å²) in [4.78, 5) is 3.19. The highest BCUT2D eigenvalue weighted by Crippen LogP contribution is 2.28. The van der Waals surface area contributed by atoms with Crippen molar-refractivity contribution in [1.82, 2.24) is 14.8 Å². The lowest BCUT2D eigenvalue weighted by Crippen LogP contribution is -2.09. The molecule has 17 heavy (non-hydrogen) atoms. The molecule has 2 rings (SSSR count). The average molecular weight is 310 g/mol. The lowest BCUT2D eigenvalue weighted by molar-refractivity contribution is -0.141. The van der Waals surface area contributed by atoms with Gasteiger partial charge in [-0.1, -0.05) is 0 Å². The molecule has 2 aromatic heterocycles. The highest BCUT2D eigenvalue weighted by atomic mass is 79.9. The van der Waals surface area contributed by atoms with Crippen LogP contribution < -0.4 is 0 Å². The van der Waals surface area contributed by atoms with Gasteiger partial charge in [0, 0.05) is 6.20 Å². The quantitative estimate of drug-likeness (QED) is 0.757. The van der Waals surface area contributed by atoms with E-state index in [0.29, 0.717) is 0 Å². The first-order valence-electron chi connectivity index (χ1n) is 4.32. The Labute approximate surface area is 101 Å². The molecule has 0 aliphatic heterocycles. The van der Waals surface area contributed by atoms with Crippen molar-refractivity contribution in [2.24, 2.45) is 0 Å². The fraction of sp³-hybridized carbons (Fsp3) is 0.111. The molecule has 0 aliphatic rings. The van der Waals surface area contributed by atoms with Crippen LogP contribution in [0.25, 0.3) is 5.69 Å². The van der Waals surface area contributed by atoms with Crippen LogP contribution in [0, 0.1) is 5.82 Å². The molecule has 0 spiro atoms. The summed E-state index contributed by atoms with van der Waals surface area (Å²) in [6.07, 6.45) is -2.58. The van der Waals surface area contributed by atoms with Crippen molar-refractivity contribution in [1.29, 1.82) is 0 Å². The van der Waals surface area contributed by atoms with Gasteiger partial charge in [0.1, 0.15) is 5.69 Å². The van der Waals surface area contributed by atoms with E-state index in [1.54, 1.807) is 0 Å². The lowest BCUT2D eigenvalue weighted by Gasteiger charge is -2.07. The molecule has 0 N–H and O–H groups in total. The Morgan fingerprint density at radius 3 is 2.53 bits per heavy atom. The normalized spacial score (nSPS) is 11.8. The molecular weight excluding hydrogens is 306 g/mol. The average Bonchev–Trinajstić information content (AvgIpc) is 2.58. The zero-order chi connectivity index (χ0) is 12.6. The van der Waals surface area contributed by atoms with E-state index in [1.165, 1.54) is 6.07 Å². The molecule has 0 saturated carbocycles. The Kier molecular flexibility index (Phi) is 2.90. The Hall–Kier alpha value is -1.44. The largest absolute Gasteiger partial charge is 0.433 e. The van der Waals surface area contributed by atoms with E-state index in [4.69, 9.17) is 0 Å². The second-order valence-electron chi connectivity index (χ2n) is 3.11. The first-order valence-corrected chi connectivity index (χ1v) is 5.11. The third kappa shape index (κ3) is 2.46. The predicted molar refractivity (Wildman–Crippen MR) is 54.0 cm³/mol. The number of hydrogen-bond donors (Lipinski definition) is 0. The van der Waals surface area contributed by atoms with Gasteiger partial charge in [-0.15, -0.1) is 0 Å². The van der Waals surface area contributed by atoms with E-state index < -0.39 is 17.7 Å². The molecule has 0 fully saturated rings. The summed E-state index contributed by atoms with van der Waals surface area (Å²) in [5.74, 6) is -0.657. The van der Waals surface area contributed by atoms with Crippen molar-refractivity contribution in [2.75, 3.05) is 0 Å². The van der Waals surface area contributed by atoms with E-state index in [9.17, 15) is 17.6 Å². The molecular formula is C9H4BrF4N3. The topological polar surface area (TPSA) is 30.7 Å². The molecule has 90 valence electrons. The van der Waals surface area contributed by atoms with E-state index in [0.717, 1.165) is 23.1 Å². The minimum atomic E-state index is -4.54. The molecule has 0 aromatic carbocycles. The van der Waals surface area contributed by atoms with Crippen molar-refractivity contribution in [3.05, 3.63) is 40.6 Å². The Bertz CT molecular complexity index is 530. The van der Waals surface area contributed by atoms with Gasteiger partial charge in [0.15, 0.2) is 10.4 Å². The SMILES string of the molecule is Fc1cn(-c2ccnc(C(F)(F)F)c2)nc1Br. The molecule has 0 bridgehead atoms. The van der Waals surface area contributed by atoms with Gasteiger partial charge in [-0.3, -0.25) is 4.98 Å². The van der Waals surface area contributed by atoms with Gasteiger partial charge >= 0.3 is 6.18 Å². The van der Waals surface area contributed by atoms with Crippen LogP contribution in [0.2, 0.25) is 0 Å². The van der Waals surface area contributed by atoms with Crippen LogP contribution >= 0.6 is 15.9 Å². The molecule has 2 aromatic rings. The second kappa shape index (κ2) is 4.10. The summed E-state index contributed by atoms with van der Waals surface area (Å²) in [5, 5.41) is 3.67. The smallest absolute Gasteiger partial charge is 0.252 e. The number of nitrogens with zero attached hydrogens (tertiary/aromatic N) is 3. The van der Waals surface area contributed by atoms with Crippen LogP contribution in [-0.4, -0.2) is 14.8 Å². The fourth-order valence-electron chi connectivity index (χ4n) is 1.18. The van der Waals surface area contributed by atoms with Gasteiger partial charge in [-0.25, -0.2) is 9.07 Å². The number of alkyl halides is 3. The molecule has 0 aliphatic carbocycles. The zero-order valence-electron chi connectivity index (χ0n) is 8.04. The van der Waals surface area contributed by atoms with Crippen LogP contribution in [0.15, 0.2) is 29.1 Å². The van der Waals surface area contributed by atoms with Crippen LogP contribution in [0.5, 0.6) is 0 Å². The number of halogens is 5. The molecule has 2 heterocycles. The van der Waals surface area contributed by atoms with Crippen LogP contribution in [-0.2, 0) is 6.18 Å². The van der Waals surface area contributed by atoms with Gasteiger partial charge in [-0.05, 0) is 28.1 Å². The summed E-state index contributed by atoms with van der Waals surface area (Å²) in [6, 6.07) is 2.09. The van der Waals surface area contributed by atoms with Crippen LogP contribution in [0.4, 0.5) is 17.6 Å². The van der Waals surface area contributed by atoms with Crippen molar-refractivity contribution >= 4 is 15.9 Å². The summed E-state index contributed by atoms with van der Waals surface area (Å²) in [6.45, 7) is 0. The number of hydrogen-bond acceptors (Lipinski definition) is 2. The minimum Gasteiger partial charge on any atom is -0.252 e. The zero-order valence-corrected chi connectivity index (χ0v) is 9.63. The Morgan fingerprint density at radius 2 is 2.00 bits per heavy atom. The Balaban J connectivity index is 2.47. The third-order valence-electron chi connectivity index (χ3n) is 1.93. The highest BCUT2D eigenvalue weighted by Gasteiger charge is 2.32. The number of pyridine rings is 1.